The van der Waals surface area contributed by atoms with Crippen LogP contribution in [0.15, 0.2) is 51.6 Å². The minimum Gasteiger partial charge on any atom is -0.484 e. The number of quaternary nitrogens is 1. The van der Waals surface area contributed by atoms with Gasteiger partial charge >= 0.3 is 0 Å². The molecule has 1 aromatic heterocycles. The molecule has 1 amide bonds. The van der Waals surface area contributed by atoms with Gasteiger partial charge in [-0.25, -0.2) is 0 Å². The SMILES string of the molecule is O=C(COc1cccc(Br)c1)NC[C@H](c1ccco1)[NH+]1CCCCC1. The Balaban J connectivity index is 1.52. The van der Waals surface area contributed by atoms with Crippen LogP contribution >= 0.6 is 15.9 Å². The lowest BCUT2D eigenvalue weighted by atomic mass is 10.1. The summed E-state index contributed by atoms with van der Waals surface area (Å²) in [5.41, 5.74) is 0. The van der Waals surface area contributed by atoms with Crippen molar-refractivity contribution in [3.05, 3.63) is 52.9 Å². The monoisotopic (exact) mass is 407 g/mol. The van der Waals surface area contributed by atoms with Crippen molar-refractivity contribution in [2.75, 3.05) is 26.2 Å². The molecule has 1 aromatic carbocycles. The Morgan fingerprint density at radius 1 is 1.24 bits per heavy atom. The lowest BCUT2D eigenvalue weighted by Crippen LogP contribution is -3.13. The van der Waals surface area contributed by atoms with Gasteiger partial charge in [-0.15, -0.1) is 0 Å². The highest BCUT2D eigenvalue weighted by molar-refractivity contribution is 9.10. The van der Waals surface area contributed by atoms with Gasteiger partial charge in [0.15, 0.2) is 18.4 Å². The van der Waals surface area contributed by atoms with Crippen LogP contribution in [0.1, 0.15) is 31.1 Å². The highest BCUT2D eigenvalue weighted by Gasteiger charge is 2.28. The number of likely N-dealkylation sites (tertiary alicyclic amines) is 1. The maximum Gasteiger partial charge on any atom is 0.258 e. The van der Waals surface area contributed by atoms with Crippen LogP contribution in [0, 0.1) is 0 Å². The summed E-state index contributed by atoms with van der Waals surface area (Å²) in [5, 5.41) is 3.00. The van der Waals surface area contributed by atoms with Gasteiger partial charge in [0.25, 0.3) is 5.91 Å². The van der Waals surface area contributed by atoms with E-state index in [2.05, 4.69) is 21.2 Å². The topological polar surface area (TPSA) is 55.9 Å². The third kappa shape index (κ3) is 5.34. The largest absolute Gasteiger partial charge is 0.484 e. The number of hydrogen-bond acceptors (Lipinski definition) is 3. The number of carbonyl (C=O) groups is 1. The maximum atomic E-state index is 12.2. The lowest BCUT2D eigenvalue weighted by molar-refractivity contribution is -0.936. The van der Waals surface area contributed by atoms with E-state index in [0.29, 0.717) is 12.3 Å². The zero-order valence-electron chi connectivity index (χ0n) is 14.2. The van der Waals surface area contributed by atoms with Gasteiger partial charge in [0.2, 0.25) is 0 Å². The van der Waals surface area contributed by atoms with E-state index >= 15 is 0 Å². The number of amides is 1. The van der Waals surface area contributed by atoms with Crippen LogP contribution in [0.3, 0.4) is 0 Å². The van der Waals surface area contributed by atoms with Crippen molar-refractivity contribution in [2.24, 2.45) is 0 Å². The fraction of sp³-hybridized carbons (Fsp3) is 0.421. The van der Waals surface area contributed by atoms with Crippen molar-refractivity contribution >= 4 is 21.8 Å². The first-order valence-corrected chi connectivity index (χ1v) is 9.55. The van der Waals surface area contributed by atoms with Gasteiger partial charge in [-0.1, -0.05) is 22.0 Å². The second-order valence-corrected chi connectivity index (χ2v) is 7.25. The van der Waals surface area contributed by atoms with Crippen molar-refractivity contribution in [1.82, 2.24) is 5.32 Å². The first-order valence-electron chi connectivity index (χ1n) is 8.75. The summed E-state index contributed by atoms with van der Waals surface area (Å²) in [6.07, 6.45) is 5.45. The normalized spacial score (nSPS) is 16.4. The molecule has 1 fully saturated rings. The smallest absolute Gasteiger partial charge is 0.258 e. The van der Waals surface area contributed by atoms with Crippen LogP contribution in [0.5, 0.6) is 5.75 Å². The maximum absolute atomic E-state index is 12.2. The quantitative estimate of drug-likeness (QED) is 0.740. The summed E-state index contributed by atoms with van der Waals surface area (Å²) in [6.45, 7) is 2.81. The molecule has 6 heteroatoms. The molecule has 0 saturated carbocycles. The van der Waals surface area contributed by atoms with Gasteiger partial charge < -0.3 is 19.4 Å². The fourth-order valence-electron chi connectivity index (χ4n) is 3.26. The van der Waals surface area contributed by atoms with Crippen molar-refractivity contribution < 1.29 is 18.8 Å². The van der Waals surface area contributed by atoms with Gasteiger partial charge in [0, 0.05) is 4.47 Å². The number of benzene rings is 1. The first-order chi connectivity index (χ1) is 12.2. The molecule has 0 bridgehead atoms. The molecule has 25 heavy (non-hydrogen) atoms. The van der Waals surface area contributed by atoms with Gasteiger partial charge in [-0.05, 0) is 49.6 Å². The molecule has 2 heterocycles. The fourth-order valence-corrected chi connectivity index (χ4v) is 3.64. The lowest BCUT2D eigenvalue weighted by Gasteiger charge is -2.30. The third-order valence-corrected chi connectivity index (χ3v) is 5.04. The number of hydrogen-bond donors (Lipinski definition) is 2. The molecular formula is C19H24BrN2O3+. The average molecular weight is 408 g/mol. The second kappa shape index (κ2) is 9.06. The van der Waals surface area contributed by atoms with Crippen LogP contribution in [0.2, 0.25) is 0 Å². The first kappa shape index (κ1) is 18.0. The van der Waals surface area contributed by atoms with Crippen LogP contribution in [-0.2, 0) is 4.79 Å². The Morgan fingerprint density at radius 3 is 2.80 bits per heavy atom. The standard InChI is InChI=1S/C19H23BrN2O3/c20-15-6-4-7-16(12-15)25-14-19(23)21-13-17(18-8-5-11-24-18)22-9-2-1-3-10-22/h4-8,11-12,17H,1-3,9-10,13-14H2,(H,21,23)/p+1/t17-/m1/s1. The molecule has 5 nitrogen and oxygen atoms in total. The van der Waals surface area contributed by atoms with Crippen LogP contribution in [0.4, 0.5) is 0 Å². The number of piperidine rings is 1. The van der Waals surface area contributed by atoms with Gasteiger partial charge in [0.05, 0.1) is 25.9 Å². The van der Waals surface area contributed by atoms with E-state index in [-0.39, 0.29) is 18.6 Å². The Hall–Kier alpha value is -1.79. The van der Waals surface area contributed by atoms with Crippen molar-refractivity contribution in [2.45, 2.75) is 25.3 Å². The summed E-state index contributed by atoms with van der Waals surface area (Å²) >= 11 is 3.39. The van der Waals surface area contributed by atoms with Gasteiger partial charge in [0.1, 0.15) is 5.75 Å². The van der Waals surface area contributed by atoms with E-state index < -0.39 is 0 Å². The number of rotatable bonds is 7. The predicted molar refractivity (Wildman–Crippen MR) is 98.6 cm³/mol. The highest BCUT2D eigenvalue weighted by atomic mass is 79.9. The Morgan fingerprint density at radius 2 is 2.08 bits per heavy atom. The summed E-state index contributed by atoms with van der Waals surface area (Å²) in [7, 11) is 0. The van der Waals surface area contributed by atoms with E-state index in [4.69, 9.17) is 9.15 Å². The molecule has 1 aliphatic rings. The van der Waals surface area contributed by atoms with E-state index in [1.54, 1.807) is 6.26 Å². The average Bonchev–Trinajstić information content (AvgIpc) is 3.15. The molecule has 2 N–H and O–H groups in total. The van der Waals surface area contributed by atoms with E-state index in [1.165, 1.54) is 24.2 Å². The van der Waals surface area contributed by atoms with Crippen LogP contribution in [0.25, 0.3) is 0 Å². The summed E-state index contributed by atoms with van der Waals surface area (Å²) in [6, 6.07) is 11.5. The van der Waals surface area contributed by atoms with Crippen LogP contribution in [-0.4, -0.2) is 32.1 Å². The van der Waals surface area contributed by atoms with Crippen LogP contribution < -0.4 is 15.0 Å². The molecule has 0 radical (unpaired) electrons. The Bertz CT molecular complexity index is 669. The van der Waals surface area contributed by atoms with E-state index in [1.807, 2.05) is 36.4 Å². The number of furan rings is 1. The molecule has 0 aliphatic carbocycles. The predicted octanol–water partition coefficient (Wildman–Crippen LogP) is 2.35. The minimum absolute atomic E-state index is 0.0106. The summed E-state index contributed by atoms with van der Waals surface area (Å²) in [5.74, 6) is 1.49. The zero-order chi connectivity index (χ0) is 17.5. The summed E-state index contributed by atoms with van der Waals surface area (Å²) < 4.78 is 12.1. The molecular weight excluding hydrogens is 384 g/mol. The van der Waals surface area contributed by atoms with E-state index in [0.717, 1.165) is 23.3 Å². The molecule has 2 aromatic rings. The van der Waals surface area contributed by atoms with Gasteiger partial charge in [-0.3, -0.25) is 4.79 Å². The van der Waals surface area contributed by atoms with Crippen molar-refractivity contribution in [1.29, 1.82) is 0 Å². The third-order valence-electron chi connectivity index (χ3n) is 4.54. The highest BCUT2D eigenvalue weighted by Crippen LogP contribution is 2.17. The Labute approximate surface area is 156 Å². The molecule has 3 rings (SSSR count). The zero-order valence-corrected chi connectivity index (χ0v) is 15.8. The summed E-state index contributed by atoms with van der Waals surface area (Å²) in [4.78, 5) is 13.7. The minimum atomic E-state index is -0.118. The molecule has 134 valence electrons. The second-order valence-electron chi connectivity index (χ2n) is 6.34. The van der Waals surface area contributed by atoms with Gasteiger partial charge in [-0.2, -0.15) is 0 Å². The molecule has 1 saturated heterocycles. The number of carbonyl (C=O) groups excluding carboxylic acids is 1. The molecule has 1 atom stereocenters. The van der Waals surface area contributed by atoms with Crippen molar-refractivity contribution in [3.8, 4) is 5.75 Å². The van der Waals surface area contributed by atoms with E-state index in [9.17, 15) is 4.79 Å². The molecule has 1 aliphatic heterocycles. The Kier molecular flexibility index (Phi) is 6.53. The molecule has 0 spiro atoms. The number of ether oxygens (including phenoxy) is 1. The number of halogens is 1. The number of nitrogens with one attached hydrogen (secondary N) is 2. The molecule has 0 unspecified atom stereocenters. The van der Waals surface area contributed by atoms with Crippen molar-refractivity contribution in [3.63, 3.8) is 0 Å².